The standard InChI is InChI=1S/C19H22N/c1-5-19(6-2)15(4)16-9-7-8-10-17(16)18-12-11-14(3)13-20(18)19/h7-13H,4-6H2,1-3H3/q+1. The summed E-state index contributed by atoms with van der Waals surface area (Å²) in [5.74, 6) is 0. The highest BCUT2D eigenvalue weighted by Gasteiger charge is 2.46. The number of fused-ring (bicyclic) bond motifs is 3. The number of pyridine rings is 1. The van der Waals surface area contributed by atoms with Gasteiger partial charge in [-0.2, -0.15) is 4.57 Å². The van der Waals surface area contributed by atoms with Crippen molar-refractivity contribution in [1.29, 1.82) is 0 Å². The van der Waals surface area contributed by atoms with Crippen molar-refractivity contribution in [3.8, 4) is 11.3 Å². The minimum absolute atomic E-state index is 0.00963. The van der Waals surface area contributed by atoms with Crippen molar-refractivity contribution >= 4 is 5.57 Å². The maximum Gasteiger partial charge on any atom is 0.213 e. The minimum atomic E-state index is 0.00963. The number of nitrogens with zero attached hydrogens (tertiary/aromatic N) is 1. The Morgan fingerprint density at radius 2 is 1.65 bits per heavy atom. The summed E-state index contributed by atoms with van der Waals surface area (Å²) in [5, 5.41) is 0. The Kier molecular flexibility index (Phi) is 3.01. The van der Waals surface area contributed by atoms with Gasteiger partial charge in [-0.25, -0.2) is 0 Å². The van der Waals surface area contributed by atoms with Gasteiger partial charge < -0.3 is 0 Å². The molecule has 1 nitrogen and oxygen atoms in total. The van der Waals surface area contributed by atoms with Gasteiger partial charge >= 0.3 is 0 Å². The molecule has 0 fully saturated rings. The first kappa shape index (κ1) is 13.1. The third-order valence-electron chi connectivity index (χ3n) is 4.82. The lowest BCUT2D eigenvalue weighted by molar-refractivity contribution is -0.741. The van der Waals surface area contributed by atoms with Crippen LogP contribution in [0.5, 0.6) is 0 Å². The fraction of sp³-hybridized carbons (Fsp3) is 0.316. The van der Waals surface area contributed by atoms with E-state index in [1.165, 1.54) is 28.0 Å². The molecule has 1 heteroatoms. The zero-order valence-electron chi connectivity index (χ0n) is 12.6. The van der Waals surface area contributed by atoms with Gasteiger partial charge in [0.15, 0.2) is 11.7 Å². The number of aryl methyl sites for hydroxylation is 1. The summed E-state index contributed by atoms with van der Waals surface area (Å²) in [6.45, 7) is 11.1. The van der Waals surface area contributed by atoms with Crippen molar-refractivity contribution < 1.29 is 4.57 Å². The summed E-state index contributed by atoms with van der Waals surface area (Å²) in [4.78, 5) is 0. The molecular weight excluding hydrogens is 242 g/mol. The van der Waals surface area contributed by atoms with Crippen LogP contribution in [0.25, 0.3) is 16.8 Å². The smallest absolute Gasteiger partial charge is 0.188 e. The van der Waals surface area contributed by atoms with E-state index in [2.05, 4.69) is 74.5 Å². The molecule has 0 amide bonds. The van der Waals surface area contributed by atoms with Gasteiger partial charge in [0.1, 0.15) is 0 Å². The Morgan fingerprint density at radius 1 is 1.00 bits per heavy atom. The highest BCUT2D eigenvalue weighted by Crippen LogP contribution is 2.43. The van der Waals surface area contributed by atoms with Crippen molar-refractivity contribution in [2.75, 3.05) is 0 Å². The van der Waals surface area contributed by atoms with Crippen LogP contribution in [-0.4, -0.2) is 0 Å². The normalized spacial score (nSPS) is 15.7. The van der Waals surface area contributed by atoms with Gasteiger partial charge in [-0.3, -0.25) is 0 Å². The largest absolute Gasteiger partial charge is 0.213 e. The molecule has 20 heavy (non-hydrogen) atoms. The Bertz CT molecular complexity index is 678. The van der Waals surface area contributed by atoms with Gasteiger partial charge in [-0.1, -0.05) is 38.6 Å². The Morgan fingerprint density at radius 3 is 2.30 bits per heavy atom. The molecule has 0 N–H and O–H groups in total. The van der Waals surface area contributed by atoms with E-state index in [0.29, 0.717) is 0 Å². The average molecular weight is 264 g/mol. The average Bonchev–Trinajstić information content (AvgIpc) is 2.49. The molecule has 1 aromatic heterocycles. The van der Waals surface area contributed by atoms with Gasteiger partial charge in [-0.15, -0.1) is 0 Å². The lowest BCUT2D eigenvalue weighted by Gasteiger charge is -2.34. The van der Waals surface area contributed by atoms with Crippen LogP contribution in [0.4, 0.5) is 0 Å². The zero-order chi connectivity index (χ0) is 14.3. The van der Waals surface area contributed by atoms with Gasteiger partial charge in [0.25, 0.3) is 0 Å². The Balaban J connectivity index is 2.40. The van der Waals surface area contributed by atoms with Gasteiger partial charge in [0.2, 0.25) is 5.69 Å². The summed E-state index contributed by atoms with van der Waals surface area (Å²) < 4.78 is 2.45. The topological polar surface area (TPSA) is 3.88 Å². The van der Waals surface area contributed by atoms with Gasteiger partial charge in [0, 0.05) is 30.0 Å². The van der Waals surface area contributed by atoms with Crippen molar-refractivity contribution in [2.24, 2.45) is 0 Å². The second-order valence-electron chi connectivity index (χ2n) is 5.72. The Hall–Kier alpha value is -1.89. The van der Waals surface area contributed by atoms with E-state index in [-0.39, 0.29) is 5.54 Å². The molecule has 0 saturated carbocycles. The third kappa shape index (κ3) is 1.59. The zero-order valence-corrected chi connectivity index (χ0v) is 12.6. The van der Waals surface area contributed by atoms with E-state index in [0.717, 1.165) is 12.8 Å². The van der Waals surface area contributed by atoms with E-state index in [1.54, 1.807) is 0 Å². The molecule has 2 aromatic rings. The van der Waals surface area contributed by atoms with E-state index in [1.807, 2.05) is 0 Å². The van der Waals surface area contributed by atoms with Crippen LogP contribution < -0.4 is 4.57 Å². The second kappa shape index (κ2) is 4.59. The maximum absolute atomic E-state index is 4.46. The lowest BCUT2D eigenvalue weighted by Crippen LogP contribution is -2.59. The molecule has 0 bridgehead atoms. The van der Waals surface area contributed by atoms with Crippen molar-refractivity contribution in [3.63, 3.8) is 0 Å². The lowest BCUT2D eigenvalue weighted by atomic mass is 9.75. The van der Waals surface area contributed by atoms with Crippen molar-refractivity contribution in [1.82, 2.24) is 0 Å². The fourth-order valence-electron chi connectivity index (χ4n) is 3.56. The van der Waals surface area contributed by atoms with Crippen LogP contribution in [0.15, 0.2) is 49.2 Å². The summed E-state index contributed by atoms with van der Waals surface area (Å²) in [6, 6.07) is 13.1. The van der Waals surface area contributed by atoms with Crippen LogP contribution in [0, 0.1) is 6.92 Å². The van der Waals surface area contributed by atoms with E-state index < -0.39 is 0 Å². The third-order valence-corrected chi connectivity index (χ3v) is 4.82. The van der Waals surface area contributed by atoms with Crippen LogP contribution in [0.1, 0.15) is 37.8 Å². The van der Waals surface area contributed by atoms with Crippen molar-refractivity contribution in [2.45, 2.75) is 39.2 Å². The first-order valence-corrected chi connectivity index (χ1v) is 7.46. The molecular formula is C19H22N+. The number of hydrogen-bond donors (Lipinski definition) is 0. The maximum atomic E-state index is 4.46. The molecule has 0 saturated heterocycles. The van der Waals surface area contributed by atoms with Gasteiger partial charge in [-0.05, 0) is 24.6 Å². The number of benzene rings is 1. The van der Waals surface area contributed by atoms with Crippen LogP contribution in [-0.2, 0) is 5.54 Å². The molecule has 1 aliphatic heterocycles. The Labute approximate surface area is 121 Å². The highest BCUT2D eigenvalue weighted by molar-refractivity contribution is 5.82. The van der Waals surface area contributed by atoms with Crippen LogP contribution in [0.2, 0.25) is 0 Å². The van der Waals surface area contributed by atoms with E-state index >= 15 is 0 Å². The number of aromatic nitrogens is 1. The predicted octanol–water partition coefficient (Wildman–Crippen LogP) is 4.49. The minimum Gasteiger partial charge on any atom is -0.188 e. The highest BCUT2D eigenvalue weighted by atomic mass is 15.1. The molecule has 0 aliphatic carbocycles. The molecule has 1 aliphatic rings. The molecule has 0 radical (unpaired) electrons. The molecule has 0 spiro atoms. The van der Waals surface area contributed by atoms with E-state index in [4.69, 9.17) is 0 Å². The first-order chi connectivity index (χ1) is 9.64. The first-order valence-electron chi connectivity index (χ1n) is 7.46. The predicted molar refractivity (Wildman–Crippen MR) is 84.4 cm³/mol. The van der Waals surface area contributed by atoms with E-state index in [9.17, 15) is 0 Å². The molecule has 2 heterocycles. The number of hydrogen-bond acceptors (Lipinski definition) is 0. The monoisotopic (exact) mass is 264 g/mol. The van der Waals surface area contributed by atoms with Crippen LogP contribution in [0.3, 0.4) is 0 Å². The van der Waals surface area contributed by atoms with Crippen molar-refractivity contribution in [3.05, 3.63) is 60.3 Å². The molecule has 0 unspecified atom stereocenters. The second-order valence-corrected chi connectivity index (χ2v) is 5.72. The quantitative estimate of drug-likeness (QED) is 0.704. The number of rotatable bonds is 2. The molecule has 102 valence electrons. The molecule has 3 rings (SSSR count). The van der Waals surface area contributed by atoms with Gasteiger partial charge in [0.05, 0.1) is 5.56 Å². The molecule has 0 atom stereocenters. The number of allylic oxidation sites excluding steroid dienone is 1. The van der Waals surface area contributed by atoms with Crippen LogP contribution >= 0.6 is 0 Å². The fourth-order valence-corrected chi connectivity index (χ4v) is 3.56. The summed E-state index contributed by atoms with van der Waals surface area (Å²) in [7, 11) is 0. The molecule has 1 aromatic carbocycles. The summed E-state index contributed by atoms with van der Waals surface area (Å²) in [5.41, 5.74) is 6.47. The SMILES string of the molecule is C=C1c2ccccc2-c2ccc(C)c[n+]2C1(CC)CC. The summed E-state index contributed by atoms with van der Waals surface area (Å²) >= 11 is 0. The summed E-state index contributed by atoms with van der Waals surface area (Å²) in [6.07, 6.45) is 4.42.